The zero-order valence-corrected chi connectivity index (χ0v) is 59.5. The van der Waals surface area contributed by atoms with Crippen LogP contribution in [0.4, 0.5) is 0 Å². The maximum atomic E-state index is 12.1. The van der Waals surface area contributed by atoms with Gasteiger partial charge in [-0.2, -0.15) is 0 Å². The van der Waals surface area contributed by atoms with Crippen LogP contribution in [0.2, 0.25) is 0 Å². The van der Waals surface area contributed by atoms with Gasteiger partial charge in [-0.05, 0) is 25.7 Å². The smallest absolute Gasteiger partial charge is 0.305 e. The maximum absolute atomic E-state index is 12.1. The van der Waals surface area contributed by atoms with E-state index in [4.69, 9.17) is 4.74 Å². The van der Waals surface area contributed by atoms with Crippen LogP contribution in [0.1, 0.15) is 508 Å². The lowest BCUT2D eigenvalue weighted by molar-refractivity contribution is -0.143. The van der Waals surface area contributed by atoms with Crippen LogP contribution in [0.25, 0.3) is 0 Å². The number of unbranched alkanes of at least 4 members (excludes halogenated alkanes) is 71. The second kappa shape index (κ2) is 79.5. The Hall–Kier alpha value is -0.570. The van der Waals surface area contributed by atoms with Crippen molar-refractivity contribution in [3.05, 3.63) is 0 Å². The summed E-state index contributed by atoms with van der Waals surface area (Å²) in [5.41, 5.74) is 0. The van der Waals surface area contributed by atoms with E-state index in [0.717, 1.165) is 32.1 Å². The number of hydrogen-bond donors (Lipinski definition) is 1. The number of aliphatic hydroxyl groups is 1. The Labute approximate surface area is 538 Å². The van der Waals surface area contributed by atoms with Gasteiger partial charge < -0.3 is 9.84 Å². The molecule has 0 aromatic rings. The molecule has 1 N–H and O–H groups in total. The Balaban J connectivity index is 3.13. The molecule has 0 amide bonds. The quantitative estimate of drug-likeness (QED) is 0.0488. The zero-order valence-electron chi connectivity index (χ0n) is 59.5. The number of carbonyl (C=O) groups excluding carboxylic acids is 1. The van der Waals surface area contributed by atoms with Gasteiger partial charge in [0.2, 0.25) is 0 Å². The summed E-state index contributed by atoms with van der Waals surface area (Å²) in [6.07, 6.45) is 108. The highest BCUT2D eigenvalue weighted by molar-refractivity contribution is 5.69. The van der Waals surface area contributed by atoms with E-state index in [9.17, 15) is 9.90 Å². The Morgan fingerprint density at radius 2 is 0.353 bits per heavy atom. The third-order valence-corrected chi connectivity index (χ3v) is 19.8. The van der Waals surface area contributed by atoms with Crippen LogP contribution in [0, 0.1) is 0 Å². The number of hydrogen-bond acceptors (Lipinski definition) is 3. The second-order valence-corrected chi connectivity index (χ2v) is 28.7. The fraction of sp³-hybridized carbons (Fsp3) is 0.988. The summed E-state index contributed by atoms with van der Waals surface area (Å²) in [5, 5.41) is 10.1. The van der Waals surface area contributed by atoms with Crippen molar-refractivity contribution < 1.29 is 14.6 Å². The predicted octanol–water partition coefficient (Wildman–Crippen LogP) is 30.0. The van der Waals surface area contributed by atoms with Crippen molar-refractivity contribution in [2.45, 2.75) is 514 Å². The summed E-state index contributed by atoms with van der Waals surface area (Å²) >= 11 is 0. The summed E-state index contributed by atoms with van der Waals surface area (Å²) in [6, 6.07) is 0. The average molecular weight is 1200 g/mol. The van der Waals surface area contributed by atoms with Crippen LogP contribution in [-0.2, 0) is 9.53 Å². The molecule has 0 spiro atoms. The molecular formula is C82H164O3. The monoisotopic (exact) mass is 1200 g/mol. The standard InChI is InChI=1S/C82H164O3/c1-3-5-7-9-10-11-12-13-14-15-16-17-18-19-20-21-22-23-24-25-26-27-28-29-30-31-32-33-34-35-36-37-38-39-40-41-42-43-44-45-46-47-48-49-50-51-52-53-54-55-56-57-58-59-60-61-62-63-66-69-72-76-80-85-82(84)79-75-71-68-65-64-67-70-74-78-81(83)77-73-8-6-4-2/h81,83H,3-80H2,1-2H3. The molecule has 0 aliphatic rings. The summed E-state index contributed by atoms with van der Waals surface area (Å²) in [7, 11) is 0. The van der Waals surface area contributed by atoms with Gasteiger partial charge in [0.25, 0.3) is 0 Å². The predicted molar refractivity (Wildman–Crippen MR) is 384 cm³/mol. The lowest BCUT2D eigenvalue weighted by Crippen LogP contribution is -2.06. The van der Waals surface area contributed by atoms with Crippen molar-refractivity contribution in [1.82, 2.24) is 0 Å². The Morgan fingerprint density at radius 1 is 0.212 bits per heavy atom. The molecule has 0 saturated carbocycles. The van der Waals surface area contributed by atoms with Crippen molar-refractivity contribution >= 4 is 5.97 Å². The first-order valence-corrected chi connectivity index (χ1v) is 41.0. The molecule has 0 aliphatic carbocycles. The van der Waals surface area contributed by atoms with Crippen molar-refractivity contribution in [2.75, 3.05) is 6.61 Å². The molecule has 0 aromatic carbocycles. The van der Waals surface area contributed by atoms with Gasteiger partial charge in [0.15, 0.2) is 0 Å². The summed E-state index contributed by atoms with van der Waals surface area (Å²) < 4.78 is 5.50. The molecule has 1 unspecified atom stereocenters. The molecule has 510 valence electrons. The molecule has 0 heterocycles. The molecule has 0 saturated heterocycles. The fourth-order valence-electron chi connectivity index (χ4n) is 13.7. The van der Waals surface area contributed by atoms with Gasteiger partial charge in [-0.25, -0.2) is 0 Å². The highest BCUT2D eigenvalue weighted by Gasteiger charge is 2.06. The lowest BCUT2D eigenvalue weighted by Gasteiger charge is -2.10. The first-order valence-electron chi connectivity index (χ1n) is 41.0. The molecule has 3 nitrogen and oxygen atoms in total. The average Bonchev–Trinajstić information content (AvgIpc) is 3.50. The van der Waals surface area contributed by atoms with Crippen LogP contribution in [-0.4, -0.2) is 23.8 Å². The van der Waals surface area contributed by atoms with E-state index in [1.807, 2.05) is 0 Å². The van der Waals surface area contributed by atoms with E-state index in [1.165, 1.54) is 456 Å². The van der Waals surface area contributed by atoms with Crippen LogP contribution >= 0.6 is 0 Å². The molecule has 85 heavy (non-hydrogen) atoms. The van der Waals surface area contributed by atoms with Gasteiger partial charge in [-0.15, -0.1) is 0 Å². The van der Waals surface area contributed by atoms with Gasteiger partial charge in [-0.3, -0.25) is 4.79 Å². The SMILES string of the molecule is CCCCCCCCCCCCCCCCCCCCCCCCCCCCCCCCCCCCCCCCCCCCCCCCCCCCCCCCCCCCCCCCOC(=O)CCCCCCCCCCC(O)CCCCCC. The Morgan fingerprint density at radius 3 is 0.541 bits per heavy atom. The van der Waals surface area contributed by atoms with Crippen molar-refractivity contribution in [3.8, 4) is 0 Å². The molecule has 0 aromatic heterocycles. The molecule has 0 rings (SSSR count). The maximum Gasteiger partial charge on any atom is 0.305 e. The molecule has 0 aliphatic heterocycles. The summed E-state index contributed by atoms with van der Waals surface area (Å²) in [6.45, 7) is 5.17. The first kappa shape index (κ1) is 84.4. The van der Waals surface area contributed by atoms with E-state index in [0.29, 0.717) is 13.0 Å². The van der Waals surface area contributed by atoms with E-state index < -0.39 is 0 Å². The van der Waals surface area contributed by atoms with Gasteiger partial charge in [0.05, 0.1) is 12.7 Å². The number of ether oxygens (including phenoxy) is 1. The number of aliphatic hydroxyl groups excluding tert-OH is 1. The highest BCUT2D eigenvalue weighted by atomic mass is 16.5. The van der Waals surface area contributed by atoms with Crippen LogP contribution in [0.5, 0.6) is 0 Å². The minimum absolute atomic E-state index is 0.0107. The van der Waals surface area contributed by atoms with Gasteiger partial charge >= 0.3 is 5.97 Å². The Kier molecular flexibility index (Phi) is 79.0. The van der Waals surface area contributed by atoms with Crippen LogP contribution in [0.3, 0.4) is 0 Å². The van der Waals surface area contributed by atoms with Crippen molar-refractivity contribution in [3.63, 3.8) is 0 Å². The van der Waals surface area contributed by atoms with Crippen LogP contribution < -0.4 is 0 Å². The topological polar surface area (TPSA) is 46.5 Å². The normalized spacial score (nSPS) is 12.1. The van der Waals surface area contributed by atoms with Crippen molar-refractivity contribution in [2.24, 2.45) is 0 Å². The molecular weight excluding hydrogens is 1030 g/mol. The van der Waals surface area contributed by atoms with E-state index >= 15 is 0 Å². The number of esters is 1. The number of carbonyl (C=O) groups is 1. The summed E-state index contributed by atoms with van der Waals surface area (Å²) in [5.74, 6) is 0.0107. The summed E-state index contributed by atoms with van der Waals surface area (Å²) in [4.78, 5) is 12.1. The van der Waals surface area contributed by atoms with E-state index in [1.54, 1.807) is 0 Å². The minimum Gasteiger partial charge on any atom is -0.466 e. The molecule has 0 radical (unpaired) electrons. The fourth-order valence-corrected chi connectivity index (χ4v) is 13.7. The third-order valence-electron chi connectivity index (χ3n) is 19.8. The zero-order chi connectivity index (χ0) is 61.0. The largest absolute Gasteiger partial charge is 0.466 e. The van der Waals surface area contributed by atoms with Crippen LogP contribution in [0.15, 0.2) is 0 Å². The van der Waals surface area contributed by atoms with Gasteiger partial charge in [0.1, 0.15) is 0 Å². The van der Waals surface area contributed by atoms with Gasteiger partial charge in [-0.1, -0.05) is 476 Å². The van der Waals surface area contributed by atoms with E-state index in [-0.39, 0.29) is 12.1 Å². The van der Waals surface area contributed by atoms with Gasteiger partial charge in [0, 0.05) is 6.42 Å². The first-order chi connectivity index (χ1) is 42.2. The third kappa shape index (κ3) is 79.5. The van der Waals surface area contributed by atoms with E-state index in [2.05, 4.69) is 13.8 Å². The number of rotatable bonds is 79. The van der Waals surface area contributed by atoms with Crippen molar-refractivity contribution in [1.29, 1.82) is 0 Å². The molecule has 0 bridgehead atoms. The molecule has 3 heteroatoms. The second-order valence-electron chi connectivity index (χ2n) is 28.7. The Bertz CT molecular complexity index is 1150. The molecule has 1 atom stereocenters. The lowest BCUT2D eigenvalue weighted by atomic mass is 10.0. The minimum atomic E-state index is -0.0808. The highest BCUT2D eigenvalue weighted by Crippen LogP contribution is 2.21. The molecule has 0 fully saturated rings.